The summed E-state index contributed by atoms with van der Waals surface area (Å²) in [4.78, 5) is 0. The van der Waals surface area contributed by atoms with E-state index in [-0.39, 0.29) is 5.41 Å². The Morgan fingerprint density at radius 2 is 1.93 bits per heavy atom. The number of halogens is 2. The Morgan fingerprint density at radius 1 is 1.27 bits per heavy atom. The van der Waals surface area contributed by atoms with Gasteiger partial charge in [-0.3, -0.25) is 0 Å². The van der Waals surface area contributed by atoms with Crippen LogP contribution in [0.3, 0.4) is 0 Å². The first kappa shape index (κ1) is 11.4. The smallest absolute Gasteiger partial charge is 0.0474 e. The first-order valence-electron chi connectivity index (χ1n) is 5.17. The summed E-state index contributed by atoms with van der Waals surface area (Å²) in [6.07, 6.45) is 2.09. The maximum Gasteiger partial charge on any atom is 0.0474 e. The summed E-state index contributed by atoms with van der Waals surface area (Å²) in [5.74, 6) is 0. The van der Waals surface area contributed by atoms with Crippen molar-refractivity contribution >= 4 is 27.5 Å². The van der Waals surface area contributed by atoms with Crippen molar-refractivity contribution in [1.82, 2.24) is 0 Å². The molecule has 0 radical (unpaired) electrons. The van der Waals surface area contributed by atoms with Crippen molar-refractivity contribution in [2.24, 2.45) is 0 Å². The van der Waals surface area contributed by atoms with Gasteiger partial charge in [-0.15, -0.1) is 0 Å². The average Bonchev–Trinajstić information content (AvgIpc) is 2.30. The molecule has 3 heteroatoms. The number of benzene rings is 1. The second kappa shape index (κ2) is 4.86. The van der Waals surface area contributed by atoms with Crippen LogP contribution in [-0.2, 0) is 10.2 Å². The van der Waals surface area contributed by atoms with Crippen LogP contribution in [0.2, 0.25) is 5.02 Å². The quantitative estimate of drug-likeness (QED) is 0.753. The normalized spacial score (nSPS) is 20.1. The van der Waals surface area contributed by atoms with Gasteiger partial charge in [0.25, 0.3) is 0 Å². The van der Waals surface area contributed by atoms with Crippen molar-refractivity contribution in [3.8, 4) is 0 Å². The van der Waals surface area contributed by atoms with E-state index in [4.69, 9.17) is 16.3 Å². The van der Waals surface area contributed by atoms with Gasteiger partial charge in [-0.05, 0) is 24.5 Å². The van der Waals surface area contributed by atoms with Crippen LogP contribution in [0.4, 0.5) is 0 Å². The SMILES string of the molecule is Clc1ccccc1C1(CBr)CCOCC1. The zero-order chi connectivity index (χ0) is 10.7. The molecule has 0 bridgehead atoms. The Morgan fingerprint density at radius 3 is 2.53 bits per heavy atom. The topological polar surface area (TPSA) is 9.23 Å². The summed E-state index contributed by atoms with van der Waals surface area (Å²) >= 11 is 9.89. The highest BCUT2D eigenvalue weighted by Gasteiger charge is 2.34. The molecule has 0 amide bonds. The van der Waals surface area contributed by atoms with Gasteiger partial charge < -0.3 is 4.74 Å². The molecule has 1 aromatic carbocycles. The monoisotopic (exact) mass is 288 g/mol. The number of rotatable bonds is 2. The predicted octanol–water partition coefficient (Wildman–Crippen LogP) is 3.78. The van der Waals surface area contributed by atoms with E-state index in [0.717, 1.165) is 36.4 Å². The molecule has 0 spiro atoms. The van der Waals surface area contributed by atoms with Crippen LogP contribution in [0.25, 0.3) is 0 Å². The molecule has 1 heterocycles. The first-order chi connectivity index (χ1) is 7.28. The summed E-state index contributed by atoms with van der Waals surface area (Å²) in [7, 11) is 0. The fourth-order valence-corrected chi connectivity index (χ4v) is 3.33. The summed E-state index contributed by atoms with van der Waals surface area (Å²) in [5, 5.41) is 1.83. The first-order valence-corrected chi connectivity index (χ1v) is 6.67. The number of alkyl halides is 1. The van der Waals surface area contributed by atoms with Gasteiger partial charge >= 0.3 is 0 Å². The van der Waals surface area contributed by atoms with E-state index in [2.05, 4.69) is 28.1 Å². The molecule has 0 aromatic heterocycles. The van der Waals surface area contributed by atoms with E-state index >= 15 is 0 Å². The van der Waals surface area contributed by atoms with Crippen molar-refractivity contribution in [2.75, 3.05) is 18.5 Å². The van der Waals surface area contributed by atoms with Crippen LogP contribution in [0, 0.1) is 0 Å². The predicted molar refractivity (Wildman–Crippen MR) is 67.0 cm³/mol. The lowest BCUT2D eigenvalue weighted by atomic mass is 9.76. The van der Waals surface area contributed by atoms with Crippen molar-refractivity contribution in [3.63, 3.8) is 0 Å². The third-order valence-corrected chi connectivity index (χ3v) is 4.55. The molecule has 0 aliphatic carbocycles. The third-order valence-electron chi connectivity index (χ3n) is 3.15. The van der Waals surface area contributed by atoms with E-state index in [1.807, 2.05) is 12.1 Å². The Balaban J connectivity index is 2.36. The molecule has 1 fully saturated rings. The molecule has 82 valence electrons. The molecule has 1 saturated heterocycles. The summed E-state index contributed by atoms with van der Waals surface area (Å²) in [6.45, 7) is 1.66. The van der Waals surface area contributed by atoms with Crippen molar-refractivity contribution in [2.45, 2.75) is 18.3 Å². The summed E-state index contributed by atoms with van der Waals surface area (Å²) in [5.41, 5.74) is 1.42. The van der Waals surface area contributed by atoms with Gasteiger partial charge in [-0.25, -0.2) is 0 Å². The number of hydrogen-bond donors (Lipinski definition) is 0. The second-order valence-electron chi connectivity index (χ2n) is 4.01. The summed E-state index contributed by atoms with van der Waals surface area (Å²) < 4.78 is 5.42. The van der Waals surface area contributed by atoms with Gasteiger partial charge in [-0.1, -0.05) is 45.7 Å². The fourth-order valence-electron chi connectivity index (χ4n) is 2.13. The molecule has 0 unspecified atom stereocenters. The minimum atomic E-state index is 0.163. The van der Waals surface area contributed by atoms with Crippen molar-refractivity contribution < 1.29 is 4.74 Å². The van der Waals surface area contributed by atoms with Gasteiger partial charge in [0.05, 0.1) is 0 Å². The van der Waals surface area contributed by atoms with E-state index in [0.29, 0.717) is 0 Å². The van der Waals surface area contributed by atoms with Crippen LogP contribution in [0.1, 0.15) is 18.4 Å². The Labute approximate surface area is 104 Å². The Bertz CT molecular complexity index is 334. The van der Waals surface area contributed by atoms with Gasteiger partial charge in [0.1, 0.15) is 0 Å². The molecule has 2 rings (SSSR count). The zero-order valence-electron chi connectivity index (χ0n) is 8.51. The molecular weight excluding hydrogens is 275 g/mol. The van der Waals surface area contributed by atoms with Crippen LogP contribution in [-0.4, -0.2) is 18.5 Å². The van der Waals surface area contributed by atoms with Crippen molar-refractivity contribution in [3.05, 3.63) is 34.9 Å². The molecule has 0 atom stereocenters. The lowest BCUT2D eigenvalue weighted by molar-refractivity contribution is 0.0584. The minimum Gasteiger partial charge on any atom is -0.381 e. The van der Waals surface area contributed by atoms with Crippen molar-refractivity contribution in [1.29, 1.82) is 0 Å². The van der Waals surface area contributed by atoms with E-state index < -0.39 is 0 Å². The van der Waals surface area contributed by atoms with Crippen LogP contribution in [0.15, 0.2) is 24.3 Å². The molecule has 0 N–H and O–H groups in total. The molecule has 0 saturated carbocycles. The second-order valence-corrected chi connectivity index (χ2v) is 4.97. The molecular formula is C12H14BrClO. The maximum atomic E-state index is 6.26. The van der Waals surface area contributed by atoms with E-state index in [1.54, 1.807) is 0 Å². The summed E-state index contributed by atoms with van der Waals surface area (Å²) in [6, 6.07) is 8.14. The zero-order valence-corrected chi connectivity index (χ0v) is 10.9. The molecule has 1 aromatic rings. The van der Waals surface area contributed by atoms with Crippen LogP contribution < -0.4 is 0 Å². The number of ether oxygens (including phenoxy) is 1. The standard InChI is InChI=1S/C12H14BrClO/c13-9-12(5-7-15-8-6-12)10-3-1-2-4-11(10)14/h1-4H,5-9H2. The Kier molecular flexibility index (Phi) is 3.70. The lowest BCUT2D eigenvalue weighted by Crippen LogP contribution is -2.35. The average molecular weight is 290 g/mol. The molecule has 15 heavy (non-hydrogen) atoms. The van der Waals surface area contributed by atoms with Crippen LogP contribution >= 0.6 is 27.5 Å². The highest BCUT2D eigenvalue weighted by molar-refractivity contribution is 9.09. The van der Waals surface area contributed by atoms with Gasteiger partial charge in [0.15, 0.2) is 0 Å². The molecule has 1 aliphatic heterocycles. The van der Waals surface area contributed by atoms with Gasteiger partial charge in [-0.2, -0.15) is 0 Å². The van der Waals surface area contributed by atoms with Crippen LogP contribution in [0.5, 0.6) is 0 Å². The lowest BCUT2D eigenvalue weighted by Gasteiger charge is -2.36. The largest absolute Gasteiger partial charge is 0.381 e. The maximum absolute atomic E-state index is 6.26. The van der Waals surface area contributed by atoms with Gasteiger partial charge in [0.2, 0.25) is 0 Å². The van der Waals surface area contributed by atoms with Gasteiger partial charge in [0, 0.05) is 29.0 Å². The highest BCUT2D eigenvalue weighted by Crippen LogP contribution is 2.39. The highest BCUT2D eigenvalue weighted by atomic mass is 79.9. The van der Waals surface area contributed by atoms with E-state index in [9.17, 15) is 0 Å². The fraction of sp³-hybridized carbons (Fsp3) is 0.500. The van der Waals surface area contributed by atoms with E-state index in [1.165, 1.54) is 5.56 Å². The Hall–Kier alpha value is -0.0500. The molecule has 1 nitrogen and oxygen atoms in total. The minimum absolute atomic E-state index is 0.163. The number of hydrogen-bond acceptors (Lipinski definition) is 1. The molecule has 1 aliphatic rings. The third kappa shape index (κ3) is 2.22.